The number of rotatable bonds is 8. The lowest BCUT2D eigenvalue weighted by Crippen LogP contribution is -2.28. The molecule has 1 aromatic carbocycles. The number of hydrogen-bond acceptors (Lipinski definition) is 2. The molecule has 1 amide bonds. The average molecular weight is 253 g/mol. The van der Waals surface area contributed by atoms with E-state index in [4.69, 9.17) is 0 Å². The molecule has 3 nitrogen and oxygen atoms in total. The summed E-state index contributed by atoms with van der Waals surface area (Å²) in [5.74, 6) is -0.145. The molecule has 100 valence electrons. The van der Waals surface area contributed by atoms with Crippen LogP contribution in [0.3, 0.4) is 0 Å². The summed E-state index contributed by atoms with van der Waals surface area (Å²) in [4.78, 5) is 12.6. The highest BCUT2D eigenvalue weighted by molar-refractivity contribution is 5.47. The van der Waals surface area contributed by atoms with Crippen molar-refractivity contribution in [3.63, 3.8) is 0 Å². The van der Waals surface area contributed by atoms with Gasteiger partial charge in [-0.2, -0.15) is 0 Å². The third-order valence-electron chi connectivity index (χ3n) is 3.06. The van der Waals surface area contributed by atoms with Crippen LogP contribution in [0.25, 0.3) is 0 Å². The van der Waals surface area contributed by atoms with E-state index in [-0.39, 0.29) is 5.92 Å². The molecule has 1 aromatic rings. The summed E-state index contributed by atoms with van der Waals surface area (Å²) in [6.07, 6.45) is 0.452. The Morgan fingerprint density at radius 1 is 1.39 bits per heavy atom. The second kappa shape index (κ2) is 7.82. The van der Waals surface area contributed by atoms with Gasteiger partial charge >= 0.3 is 0 Å². The lowest BCUT2D eigenvalue weighted by atomic mass is 10.0. The van der Waals surface area contributed by atoms with E-state index in [1.165, 1.54) is 0 Å². The first kappa shape index (κ1) is 14.6. The van der Waals surface area contributed by atoms with Gasteiger partial charge in [0, 0.05) is 13.1 Å². The van der Waals surface area contributed by atoms with Crippen molar-refractivity contribution in [2.24, 2.45) is 5.92 Å². The molecule has 0 aromatic heterocycles. The van der Waals surface area contributed by atoms with Crippen molar-refractivity contribution in [1.29, 1.82) is 0 Å². The van der Waals surface area contributed by atoms with E-state index in [0.717, 1.165) is 12.0 Å². The van der Waals surface area contributed by atoms with E-state index in [1.54, 1.807) is 11.8 Å². The molecule has 0 fully saturated rings. The lowest BCUT2D eigenvalue weighted by Gasteiger charge is -2.21. The highest BCUT2D eigenvalue weighted by Gasteiger charge is 2.15. The third-order valence-corrected chi connectivity index (χ3v) is 3.06. The smallest absolute Gasteiger partial charge is 0.210 e. The van der Waals surface area contributed by atoms with Crippen LogP contribution in [0.4, 0.5) is 4.39 Å². The predicted octanol–water partition coefficient (Wildman–Crippen LogP) is 2.00. The zero-order valence-electron chi connectivity index (χ0n) is 10.6. The van der Waals surface area contributed by atoms with Gasteiger partial charge in [-0.1, -0.05) is 37.3 Å². The molecule has 0 spiro atoms. The average Bonchev–Trinajstić information content (AvgIpc) is 2.43. The van der Waals surface area contributed by atoms with Crippen molar-refractivity contribution in [1.82, 2.24) is 4.90 Å². The van der Waals surface area contributed by atoms with E-state index < -0.39 is 12.8 Å². The summed E-state index contributed by atoms with van der Waals surface area (Å²) in [7, 11) is 0. The minimum absolute atomic E-state index is 0.145. The molecule has 0 saturated carbocycles. The van der Waals surface area contributed by atoms with Gasteiger partial charge < -0.3 is 10.0 Å². The van der Waals surface area contributed by atoms with Crippen molar-refractivity contribution in [3.05, 3.63) is 35.9 Å². The number of alkyl halides is 1. The van der Waals surface area contributed by atoms with E-state index >= 15 is 0 Å². The van der Waals surface area contributed by atoms with Crippen LogP contribution in [-0.4, -0.2) is 35.7 Å². The molecular formula is C14H20FNO2. The van der Waals surface area contributed by atoms with E-state index in [0.29, 0.717) is 19.5 Å². The first-order chi connectivity index (χ1) is 8.67. The maximum absolute atomic E-state index is 12.3. The molecule has 0 heterocycles. The van der Waals surface area contributed by atoms with Crippen LogP contribution in [0.1, 0.15) is 18.9 Å². The van der Waals surface area contributed by atoms with Crippen molar-refractivity contribution in [3.8, 4) is 0 Å². The standard InChI is InChI=1S/C14H20FNO2/c1-12(14(18)9-15)7-8-16(11-17)10-13-5-3-2-4-6-13/h2-6,11-12,14,18H,7-10H2,1H3. The van der Waals surface area contributed by atoms with Gasteiger partial charge in [0.2, 0.25) is 6.41 Å². The molecule has 1 rings (SSSR count). The van der Waals surface area contributed by atoms with Crippen LogP contribution in [0.2, 0.25) is 0 Å². The normalized spacial score (nSPS) is 13.9. The van der Waals surface area contributed by atoms with Crippen LogP contribution in [-0.2, 0) is 11.3 Å². The number of halogens is 1. The molecular weight excluding hydrogens is 233 g/mol. The van der Waals surface area contributed by atoms with E-state index in [9.17, 15) is 14.3 Å². The first-order valence-corrected chi connectivity index (χ1v) is 6.14. The Labute approximate surface area is 107 Å². The molecule has 0 radical (unpaired) electrons. The first-order valence-electron chi connectivity index (χ1n) is 6.14. The molecule has 4 heteroatoms. The SMILES string of the molecule is CC(CCN(C=O)Cc1ccccc1)C(O)CF. The fraction of sp³-hybridized carbons (Fsp3) is 0.500. The molecule has 2 unspecified atom stereocenters. The summed E-state index contributed by atoms with van der Waals surface area (Å²) in [5.41, 5.74) is 1.06. The third kappa shape index (κ3) is 4.84. The Balaban J connectivity index is 2.41. The van der Waals surface area contributed by atoms with Gasteiger partial charge in [-0.15, -0.1) is 0 Å². The maximum Gasteiger partial charge on any atom is 0.210 e. The number of hydrogen-bond donors (Lipinski definition) is 1. The van der Waals surface area contributed by atoms with Gasteiger partial charge in [0.15, 0.2) is 0 Å². The molecule has 2 atom stereocenters. The van der Waals surface area contributed by atoms with Gasteiger partial charge in [0.1, 0.15) is 6.67 Å². The van der Waals surface area contributed by atoms with Gasteiger partial charge in [-0.3, -0.25) is 4.79 Å². The monoisotopic (exact) mass is 253 g/mol. The second-order valence-corrected chi connectivity index (χ2v) is 4.55. The van der Waals surface area contributed by atoms with E-state index in [1.807, 2.05) is 30.3 Å². The maximum atomic E-state index is 12.3. The second-order valence-electron chi connectivity index (χ2n) is 4.55. The lowest BCUT2D eigenvalue weighted by molar-refractivity contribution is -0.119. The van der Waals surface area contributed by atoms with Crippen molar-refractivity contribution in [2.45, 2.75) is 26.0 Å². The van der Waals surface area contributed by atoms with Crippen LogP contribution in [0.5, 0.6) is 0 Å². The number of aliphatic hydroxyl groups is 1. The Morgan fingerprint density at radius 2 is 2.06 bits per heavy atom. The number of amides is 1. The van der Waals surface area contributed by atoms with Gasteiger partial charge in [-0.05, 0) is 17.9 Å². The van der Waals surface area contributed by atoms with Crippen LogP contribution in [0, 0.1) is 5.92 Å². The summed E-state index contributed by atoms with van der Waals surface area (Å²) in [6.45, 7) is 2.12. The molecule has 0 saturated heterocycles. The fourth-order valence-electron chi connectivity index (χ4n) is 1.70. The topological polar surface area (TPSA) is 40.5 Å². The summed E-state index contributed by atoms with van der Waals surface area (Å²) in [5, 5.41) is 9.32. The fourth-order valence-corrected chi connectivity index (χ4v) is 1.70. The summed E-state index contributed by atoms with van der Waals surface area (Å²) < 4.78 is 12.3. The summed E-state index contributed by atoms with van der Waals surface area (Å²) in [6, 6.07) is 9.68. The number of aliphatic hydroxyl groups excluding tert-OH is 1. The number of carbonyl (C=O) groups is 1. The van der Waals surface area contributed by atoms with Gasteiger partial charge in [-0.25, -0.2) is 4.39 Å². The molecule has 0 aliphatic heterocycles. The molecule has 0 aliphatic carbocycles. The molecule has 1 N–H and O–H groups in total. The van der Waals surface area contributed by atoms with Crippen LogP contribution in [0.15, 0.2) is 30.3 Å². The van der Waals surface area contributed by atoms with Crippen molar-refractivity contribution in [2.75, 3.05) is 13.2 Å². The number of benzene rings is 1. The largest absolute Gasteiger partial charge is 0.390 e. The Bertz CT molecular complexity index is 345. The summed E-state index contributed by atoms with van der Waals surface area (Å²) >= 11 is 0. The minimum atomic E-state index is -0.935. The van der Waals surface area contributed by atoms with Crippen LogP contribution >= 0.6 is 0 Å². The molecule has 0 bridgehead atoms. The highest BCUT2D eigenvalue weighted by atomic mass is 19.1. The predicted molar refractivity (Wildman–Crippen MR) is 68.7 cm³/mol. The van der Waals surface area contributed by atoms with Gasteiger partial charge in [0.25, 0.3) is 0 Å². The van der Waals surface area contributed by atoms with Crippen molar-refractivity contribution < 1.29 is 14.3 Å². The zero-order valence-corrected chi connectivity index (χ0v) is 10.6. The molecule has 0 aliphatic rings. The Kier molecular flexibility index (Phi) is 6.36. The van der Waals surface area contributed by atoms with Gasteiger partial charge in [0.05, 0.1) is 6.10 Å². The highest BCUT2D eigenvalue weighted by Crippen LogP contribution is 2.11. The van der Waals surface area contributed by atoms with Crippen molar-refractivity contribution >= 4 is 6.41 Å². The minimum Gasteiger partial charge on any atom is -0.390 e. The number of nitrogens with zero attached hydrogens (tertiary/aromatic N) is 1. The quantitative estimate of drug-likeness (QED) is 0.720. The Morgan fingerprint density at radius 3 is 2.61 bits per heavy atom. The molecule has 18 heavy (non-hydrogen) atoms. The zero-order chi connectivity index (χ0) is 13.4. The number of carbonyl (C=O) groups excluding carboxylic acids is 1. The van der Waals surface area contributed by atoms with Crippen LogP contribution < -0.4 is 0 Å². The Hall–Kier alpha value is -1.42. The van der Waals surface area contributed by atoms with E-state index in [2.05, 4.69) is 0 Å².